The molecule has 7 heteroatoms. The first kappa shape index (κ1) is 25.0. The Bertz CT molecular complexity index is 1150. The molecule has 2 N–H and O–H groups in total. The second kappa shape index (κ2) is 12.1. The molecule has 1 fully saturated rings. The van der Waals surface area contributed by atoms with Crippen LogP contribution in [0.15, 0.2) is 59.5 Å². The van der Waals surface area contributed by atoms with E-state index >= 15 is 0 Å². The van der Waals surface area contributed by atoms with Crippen molar-refractivity contribution in [2.24, 2.45) is 5.92 Å². The van der Waals surface area contributed by atoms with Crippen molar-refractivity contribution in [2.75, 3.05) is 12.3 Å². The van der Waals surface area contributed by atoms with Gasteiger partial charge in [-0.3, -0.25) is 9.59 Å². The second-order valence-electron chi connectivity index (χ2n) is 9.17. The van der Waals surface area contributed by atoms with Crippen molar-refractivity contribution in [3.05, 3.63) is 77.1 Å². The number of para-hydroxylation sites is 1. The number of amides is 2. The molecule has 0 saturated heterocycles. The van der Waals surface area contributed by atoms with Crippen LogP contribution >= 0.6 is 11.8 Å². The van der Waals surface area contributed by atoms with Crippen molar-refractivity contribution in [3.63, 3.8) is 0 Å². The van der Waals surface area contributed by atoms with Gasteiger partial charge >= 0.3 is 0 Å². The molecule has 0 atom stereocenters. The molecule has 1 saturated carbocycles. The molecule has 2 aromatic carbocycles. The highest BCUT2D eigenvalue weighted by Crippen LogP contribution is 2.25. The molecule has 0 aliphatic heterocycles. The predicted octanol–water partition coefficient (Wildman–Crippen LogP) is 5.21. The van der Waals surface area contributed by atoms with Crippen molar-refractivity contribution in [2.45, 2.75) is 57.4 Å². The first-order chi connectivity index (χ1) is 17.0. The second-order valence-corrected chi connectivity index (χ2v) is 10.2. The molecular formula is C28H34N4O2S. The van der Waals surface area contributed by atoms with E-state index in [-0.39, 0.29) is 11.8 Å². The first-order valence-electron chi connectivity index (χ1n) is 12.4. The number of hydrogen-bond donors (Lipinski definition) is 2. The summed E-state index contributed by atoms with van der Waals surface area (Å²) in [4.78, 5) is 26.3. The van der Waals surface area contributed by atoms with Crippen LogP contribution in [0.25, 0.3) is 5.69 Å². The van der Waals surface area contributed by atoms with Crippen LogP contribution < -0.4 is 10.6 Å². The Hall–Kier alpha value is -3.06. The van der Waals surface area contributed by atoms with E-state index in [1.165, 1.54) is 43.9 Å². The summed E-state index contributed by atoms with van der Waals surface area (Å²) >= 11 is 1.41. The highest BCUT2D eigenvalue weighted by atomic mass is 32.2. The number of hydrogen-bond acceptors (Lipinski definition) is 4. The van der Waals surface area contributed by atoms with Gasteiger partial charge in [-0.05, 0) is 56.9 Å². The number of aromatic nitrogens is 2. The third kappa shape index (κ3) is 6.54. The van der Waals surface area contributed by atoms with E-state index in [1.807, 2.05) is 73.1 Å². The monoisotopic (exact) mass is 490 g/mol. The van der Waals surface area contributed by atoms with Gasteiger partial charge in [-0.25, -0.2) is 4.68 Å². The maximum Gasteiger partial charge on any atom is 0.252 e. The van der Waals surface area contributed by atoms with Crippen LogP contribution in [-0.2, 0) is 11.3 Å². The van der Waals surface area contributed by atoms with Gasteiger partial charge in [0, 0.05) is 29.2 Å². The Morgan fingerprint density at radius 1 is 0.971 bits per heavy atom. The third-order valence-electron chi connectivity index (χ3n) is 6.67. The number of thioether (sulfide) groups is 1. The van der Waals surface area contributed by atoms with Gasteiger partial charge in [0.05, 0.1) is 22.7 Å². The maximum atomic E-state index is 13.1. The van der Waals surface area contributed by atoms with Crippen LogP contribution in [0.2, 0.25) is 0 Å². The van der Waals surface area contributed by atoms with Gasteiger partial charge < -0.3 is 10.6 Å². The van der Waals surface area contributed by atoms with E-state index in [9.17, 15) is 9.59 Å². The number of aryl methyl sites for hydroxylation is 1. The summed E-state index contributed by atoms with van der Waals surface area (Å²) in [6, 6.07) is 17.4. The molecule has 1 aliphatic carbocycles. The van der Waals surface area contributed by atoms with Crippen LogP contribution in [0.3, 0.4) is 0 Å². The fourth-order valence-electron chi connectivity index (χ4n) is 4.64. The van der Waals surface area contributed by atoms with Crippen LogP contribution in [0.4, 0.5) is 0 Å². The fourth-order valence-corrected chi connectivity index (χ4v) is 5.52. The van der Waals surface area contributed by atoms with E-state index in [1.54, 1.807) is 0 Å². The zero-order chi connectivity index (χ0) is 24.6. The molecule has 0 unspecified atom stereocenters. The molecule has 0 radical (unpaired) electrons. The molecule has 0 bridgehead atoms. The van der Waals surface area contributed by atoms with Gasteiger partial charge in [-0.2, -0.15) is 5.10 Å². The van der Waals surface area contributed by atoms with Crippen LogP contribution in [0, 0.1) is 19.8 Å². The van der Waals surface area contributed by atoms with E-state index in [2.05, 4.69) is 15.7 Å². The highest BCUT2D eigenvalue weighted by molar-refractivity contribution is 8.00. The molecule has 184 valence electrons. The normalized spacial score (nSPS) is 14.0. The molecular weight excluding hydrogens is 456 g/mol. The Morgan fingerprint density at radius 2 is 1.69 bits per heavy atom. The molecule has 2 amide bonds. The van der Waals surface area contributed by atoms with E-state index < -0.39 is 0 Å². The summed E-state index contributed by atoms with van der Waals surface area (Å²) in [6.45, 7) is 5.13. The van der Waals surface area contributed by atoms with Crippen molar-refractivity contribution >= 4 is 23.6 Å². The Balaban J connectivity index is 1.34. The number of benzene rings is 2. The first-order valence-corrected chi connectivity index (χ1v) is 13.4. The Morgan fingerprint density at radius 3 is 2.46 bits per heavy atom. The summed E-state index contributed by atoms with van der Waals surface area (Å²) < 4.78 is 1.91. The largest absolute Gasteiger partial charge is 0.355 e. The van der Waals surface area contributed by atoms with Gasteiger partial charge in [0.1, 0.15) is 0 Å². The smallest absolute Gasteiger partial charge is 0.252 e. The number of nitrogens with one attached hydrogen (secondary N) is 2. The van der Waals surface area contributed by atoms with Crippen LogP contribution in [0.1, 0.15) is 59.4 Å². The minimum Gasteiger partial charge on any atom is -0.355 e. The molecule has 4 rings (SSSR count). The standard InChI is InChI=1S/C28H34N4O2S/c1-20-25(21(2)32(31-20)23-13-7-4-8-14-23)18-30-28(34)24-15-9-10-16-26(24)35-19-27(33)29-17-22-11-5-3-6-12-22/h4,7-10,13-16,22H,3,5-6,11-12,17-19H2,1-2H3,(H,29,33)(H,30,34). The van der Waals surface area contributed by atoms with Crippen molar-refractivity contribution in [1.82, 2.24) is 20.4 Å². The lowest BCUT2D eigenvalue weighted by Gasteiger charge is -2.21. The Kier molecular flexibility index (Phi) is 8.64. The number of nitrogens with zero attached hydrogens (tertiary/aromatic N) is 2. The molecule has 6 nitrogen and oxygen atoms in total. The van der Waals surface area contributed by atoms with Crippen LogP contribution in [0.5, 0.6) is 0 Å². The lowest BCUT2D eigenvalue weighted by atomic mass is 9.89. The molecule has 1 aromatic heterocycles. The van der Waals surface area contributed by atoms with Crippen molar-refractivity contribution < 1.29 is 9.59 Å². The van der Waals surface area contributed by atoms with E-state index in [4.69, 9.17) is 0 Å². The summed E-state index contributed by atoms with van der Waals surface area (Å²) in [6.07, 6.45) is 6.26. The topological polar surface area (TPSA) is 76.0 Å². The SMILES string of the molecule is Cc1nn(-c2ccccc2)c(C)c1CNC(=O)c1ccccc1SCC(=O)NCC1CCCCC1. The zero-order valence-electron chi connectivity index (χ0n) is 20.5. The third-order valence-corrected chi connectivity index (χ3v) is 7.74. The minimum atomic E-state index is -0.151. The zero-order valence-corrected chi connectivity index (χ0v) is 21.4. The van der Waals surface area contributed by atoms with Crippen LogP contribution in [-0.4, -0.2) is 33.9 Å². The summed E-state index contributed by atoms with van der Waals surface area (Å²) in [5, 5.41) is 10.8. The number of carbonyl (C=O) groups excluding carboxylic acids is 2. The van der Waals surface area contributed by atoms with Crippen molar-refractivity contribution in [1.29, 1.82) is 0 Å². The number of rotatable bonds is 9. The lowest BCUT2D eigenvalue weighted by molar-refractivity contribution is -0.118. The average Bonchev–Trinajstić information content (AvgIpc) is 3.19. The molecule has 3 aromatic rings. The average molecular weight is 491 g/mol. The summed E-state index contributed by atoms with van der Waals surface area (Å²) in [5.74, 6) is 0.783. The molecule has 1 aliphatic rings. The fraction of sp³-hybridized carbons (Fsp3) is 0.393. The van der Waals surface area contributed by atoms with E-state index in [0.29, 0.717) is 23.8 Å². The van der Waals surface area contributed by atoms with Gasteiger partial charge in [-0.1, -0.05) is 49.6 Å². The summed E-state index contributed by atoms with van der Waals surface area (Å²) in [5.41, 5.74) is 4.49. The quantitative estimate of drug-likeness (QED) is 0.404. The van der Waals surface area contributed by atoms with E-state index in [0.717, 1.165) is 34.1 Å². The lowest BCUT2D eigenvalue weighted by Crippen LogP contribution is -2.31. The predicted molar refractivity (Wildman–Crippen MR) is 141 cm³/mol. The minimum absolute atomic E-state index is 0.0235. The van der Waals surface area contributed by atoms with Gasteiger partial charge in [0.15, 0.2) is 0 Å². The number of carbonyl (C=O) groups is 2. The highest BCUT2D eigenvalue weighted by Gasteiger charge is 2.17. The van der Waals surface area contributed by atoms with Gasteiger partial charge in [-0.15, -0.1) is 11.8 Å². The van der Waals surface area contributed by atoms with Gasteiger partial charge in [0.25, 0.3) is 5.91 Å². The molecule has 1 heterocycles. The summed E-state index contributed by atoms with van der Waals surface area (Å²) in [7, 11) is 0. The van der Waals surface area contributed by atoms with Crippen molar-refractivity contribution in [3.8, 4) is 5.69 Å². The van der Waals surface area contributed by atoms with Gasteiger partial charge in [0.2, 0.25) is 5.91 Å². The maximum absolute atomic E-state index is 13.1. The molecule has 0 spiro atoms. The Labute approximate surface area is 211 Å². The molecule has 35 heavy (non-hydrogen) atoms.